The normalized spacial score (nSPS) is 11.0. The van der Waals surface area contributed by atoms with Crippen LogP contribution in [0.5, 0.6) is 11.5 Å². The first-order chi connectivity index (χ1) is 12.2. The molecule has 6 heteroatoms. The van der Waals surface area contributed by atoms with E-state index in [0.29, 0.717) is 0 Å². The van der Waals surface area contributed by atoms with Crippen LogP contribution in [-0.4, -0.2) is 30.9 Å². The van der Waals surface area contributed by atoms with Crippen molar-refractivity contribution in [2.75, 3.05) is 14.1 Å². The summed E-state index contributed by atoms with van der Waals surface area (Å²) in [5.74, 6) is -0.745. The summed E-state index contributed by atoms with van der Waals surface area (Å²) in [5, 5.41) is 1.85. The molecule has 27 heavy (non-hydrogen) atoms. The van der Waals surface area contributed by atoms with Gasteiger partial charge in [0.1, 0.15) is 0 Å². The number of benzene rings is 2. The van der Waals surface area contributed by atoms with E-state index >= 15 is 0 Å². The molecule has 0 aliphatic heterocycles. The number of carbonyl (C=O) groups excluding carboxylic acids is 2. The lowest BCUT2D eigenvalue weighted by molar-refractivity contribution is -0.140. The summed E-state index contributed by atoms with van der Waals surface area (Å²) < 4.78 is 11.0. The lowest BCUT2D eigenvalue weighted by Gasteiger charge is -2.15. The molecule has 0 spiro atoms. The number of esters is 2. The molecular formula is C21H28ClNO4. The maximum absolute atomic E-state index is 12.1. The van der Waals surface area contributed by atoms with Gasteiger partial charge in [-0.15, -0.1) is 12.4 Å². The summed E-state index contributed by atoms with van der Waals surface area (Å²) in [4.78, 5) is 26.2. The summed E-state index contributed by atoms with van der Waals surface area (Å²) in [6, 6.07) is 9.58. The van der Waals surface area contributed by atoms with Crippen molar-refractivity contribution in [1.29, 1.82) is 0 Å². The van der Waals surface area contributed by atoms with E-state index in [1.807, 2.05) is 26.2 Å². The van der Waals surface area contributed by atoms with Crippen molar-refractivity contribution in [3.05, 3.63) is 35.9 Å². The third kappa shape index (κ3) is 6.22. The minimum absolute atomic E-state index is 0. The molecule has 0 amide bonds. The topological polar surface area (TPSA) is 55.8 Å². The van der Waals surface area contributed by atoms with Crippen molar-refractivity contribution in [2.24, 2.45) is 11.8 Å². The van der Waals surface area contributed by atoms with Gasteiger partial charge in [0, 0.05) is 6.54 Å². The Morgan fingerprint density at radius 1 is 0.852 bits per heavy atom. The van der Waals surface area contributed by atoms with Crippen LogP contribution in [0.15, 0.2) is 30.3 Å². The number of halogens is 1. The van der Waals surface area contributed by atoms with Crippen LogP contribution in [0.1, 0.15) is 33.3 Å². The van der Waals surface area contributed by atoms with E-state index in [2.05, 4.69) is 11.0 Å². The fraction of sp³-hybridized carbons (Fsp3) is 0.429. The van der Waals surface area contributed by atoms with E-state index < -0.39 is 0 Å². The van der Waals surface area contributed by atoms with Gasteiger partial charge in [-0.3, -0.25) is 9.59 Å². The number of hydrogen-bond acceptors (Lipinski definition) is 5. The van der Waals surface area contributed by atoms with Gasteiger partial charge in [0.25, 0.3) is 0 Å². The van der Waals surface area contributed by atoms with E-state index in [-0.39, 0.29) is 47.7 Å². The Morgan fingerprint density at radius 2 is 1.33 bits per heavy atom. The molecule has 0 atom stereocenters. The van der Waals surface area contributed by atoms with Gasteiger partial charge in [-0.25, -0.2) is 0 Å². The first kappa shape index (κ1) is 22.9. The smallest absolute Gasteiger partial charge is 0.313 e. The minimum atomic E-state index is -0.365. The summed E-state index contributed by atoms with van der Waals surface area (Å²) in [6.07, 6.45) is 0. The molecule has 0 aromatic heterocycles. The molecule has 2 rings (SSSR count). The van der Waals surface area contributed by atoms with Gasteiger partial charge in [0.05, 0.1) is 11.8 Å². The van der Waals surface area contributed by atoms with E-state index in [0.717, 1.165) is 22.9 Å². The van der Waals surface area contributed by atoms with Gasteiger partial charge < -0.3 is 14.4 Å². The lowest BCUT2D eigenvalue weighted by atomic mass is 10.1. The third-order valence-corrected chi connectivity index (χ3v) is 3.83. The molecule has 0 aliphatic carbocycles. The van der Waals surface area contributed by atoms with Crippen LogP contribution in [0.25, 0.3) is 10.8 Å². The first-order valence-electron chi connectivity index (χ1n) is 8.82. The lowest BCUT2D eigenvalue weighted by Crippen LogP contribution is -2.18. The maximum atomic E-state index is 12.1. The summed E-state index contributed by atoms with van der Waals surface area (Å²) in [5.41, 5.74) is 1.15. The summed E-state index contributed by atoms with van der Waals surface area (Å²) in [6.45, 7) is 7.85. The summed E-state index contributed by atoms with van der Waals surface area (Å²) in [7, 11) is 4.02. The highest BCUT2D eigenvalue weighted by molar-refractivity contribution is 5.89. The first-order valence-corrected chi connectivity index (χ1v) is 8.82. The van der Waals surface area contributed by atoms with Crippen LogP contribution in [0.2, 0.25) is 0 Å². The minimum Gasteiger partial charge on any atom is -0.422 e. The van der Waals surface area contributed by atoms with Crippen molar-refractivity contribution in [3.63, 3.8) is 0 Å². The Bertz CT molecular complexity index is 815. The highest BCUT2D eigenvalue weighted by Crippen LogP contribution is 2.34. The monoisotopic (exact) mass is 393 g/mol. The molecule has 0 heterocycles. The molecule has 0 fully saturated rings. The second kappa shape index (κ2) is 9.72. The summed E-state index contributed by atoms with van der Waals surface area (Å²) >= 11 is 0. The van der Waals surface area contributed by atoms with E-state index in [1.165, 1.54) is 0 Å². The quantitative estimate of drug-likeness (QED) is 0.536. The zero-order chi connectivity index (χ0) is 19.4. The Morgan fingerprint density at radius 3 is 1.78 bits per heavy atom. The number of hydrogen-bond donors (Lipinski definition) is 0. The third-order valence-electron chi connectivity index (χ3n) is 3.83. The van der Waals surface area contributed by atoms with Gasteiger partial charge in [-0.2, -0.15) is 0 Å². The van der Waals surface area contributed by atoms with Crippen LogP contribution >= 0.6 is 12.4 Å². The number of fused-ring (bicyclic) bond motifs is 1. The van der Waals surface area contributed by atoms with Crippen molar-refractivity contribution >= 4 is 35.1 Å². The molecular weight excluding hydrogens is 366 g/mol. The second-order valence-electron chi connectivity index (χ2n) is 7.37. The van der Waals surface area contributed by atoms with E-state index in [1.54, 1.807) is 39.8 Å². The standard InChI is InChI=1S/C21H27NO4.ClH/c1-13(2)20(23)25-18-10-16-8-7-15(12-22(5)6)9-17(16)11-19(18)26-21(24)14(3)4;/h7-11,13-14H,12H2,1-6H3;1H. The van der Waals surface area contributed by atoms with Crippen molar-refractivity contribution < 1.29 is 19.1 Å². The Balaban J connectivity index is 0.00000364. The van der Waals surface area contributed by atoms with Gasteiger partial charge in [0.15, 0.2) is 11.5 Å². The molecule has 148 valence electrons. The zero-order valence-electron chi connectivity index (χ0n) is 16.7. The highest BCUT2D eigenvalue weighted by Gasteiger charge is 2.18. The molecule has 0 bridgehead atoms. The largest absolute Gasteiger partial charge is 0.422 e. The molecule has 0 saturated carbocycles. The highest BCUT2D eigenvalue weighted by atomic mass is 35.5. The average Bonchev–Trinajstić information content (AvgIpc) is 2.54. The van der Waals surface area contributed by atoms with Crippen LogP contribution in [0.4, 0.5) is 0 Å². The molecule has 0 saturated heterocycles. The number of nitrogens with zero attached hydrogens (tertiary/aromatic N) is 1. The van der Waals surface area contributed by atoms with Crippen molar-refractivity contribution in [1.82, 2.24) is 4.90 Å². The molecule has 0 aliphatic rings. The van der Waals surface area contributed by atoms with E-state index in [9.17, 15) is 9.59 Å². The Hall–Kier alpha value is -2.11. The molecule has 2 aromatic carbocycles. The second-order valence-corrected chi connectivity index (χ2v) is 7.37. The van der Waals surface area contributed by atoms with Gasteiger partial charge in [-0.1, -0.05) is 39.8 Å². The predicted octanol–water partition coefficient (Wildman–Crippen LogP) is 4.45. The molecule has 0 N–H and O–H groups in total. The average molecular weight is 394 g/mol. The van der Waals surface area contributed by atoms with E-state index in [4.69, 9.17) is 9.47 Å². The van der Waals surface area contributed by atoms with Crippen LogP contribution in [-0.2, 0) is 16.1 Å². The molecule has 0 unspecified atom stereocenters. The molecule has 0 radical (unpaired) electrons. The SMILES string of the molecule is CC(C)C(=O)Oc1cc2ccc(CN(C)C)cc2cc1OC(=O)C(C)C.Cl. The fourth-order valence-corrected chi connectivity index (χ4v) is 2.38. The van der Waals surface area contributed by atoms with Gasteiger partial charge in [-0.05, 0) is 48.6 Å². The van der Waals surface area contributed by atoms with Crippen molar-refractivity contribution in [2.45, 2.75) is 34.2 Å². The maximum Gasteiger partial charge on any atom is 0.313 e. The number of rotatable bonds is 6. The van der Waals surface area contributed by atoms with Crippen LogP contribution in [0.3, 0.4) is 0 Å². The van der Waals surface area contributed by atoms with Crippen LogP contribution < -0.4 is 9.47 Å². The Kier molecular flexibility index (Phi) is 8.25. The van der Waals surface area contributed by atoms with Crippen molar-refractivity contribution in [3.8, 4) is 11.5 Å². The number of ether oxygens (including phenoxy) is 2. The fourth-order valence-electron chi connectivity index (χ4n) is 2.38. The predicted molar refractivity (Wildman–Crippen MR) is 110 cm³/mol. The molecule has 5 nitrogen and oxygen atoms in total. The van der Waals surface area contributed by atoms with Gasteiger partial charge in [0.2, 0.25) is 0 Å². The Labute approximate surface area is 167 Å². The van der Waals surface area contributed by atoms with Gasteiger partial charge >= 0.3 is 11.9 Å². The van der Waals surface area contributed by atoms with Crippen LogP contribution in [0, 0.1) is 11.8 Å². The zero-order valence-corrected chi connectivity index (χ0v) is 17.6. The molecule has 2 aromatic rings. The number of carbonyl (C=O) groups is 2.